The van der Waals surface area contributed by atoms with Gasteiger partial charge in [0.1, 0.15) is 5.75 Å². The molecule has 0 fully saturated rings. The predicted molar refractivity (Wildman–Crippen MR) is 44.1 cm³/mol. The second kappa shape index (κ2) is 3.36. The molecule has 1 aromatic rings. The topological polar surface area (TPSA) is 57.5 Å². The van der Waals surface area contributed by atoms with Crippen molar-refractivity contribution in [2.75, 3.05) is 0 Å². The van der Waals surface area contributed by atoms with Crippen LogP contribution in [0.1, 0.15) is 28.9 Å². The number of aliphatic hydroxyl groups excluding tert-OH is 1. The van der Waals surface area contributed by atoms with Crippen molar-refractivity contribution >= 4 is 6.29 Å². The fourth-order valence-electron chi connectivity index (χ4n) is 0.927. The van der Waals surface area contributed by atoms with Crippen molar-refractivity contribution in [3.8, 4) is 5.75 Å². The van der Waals surface area contributed by atoms with E-state index in [0.717, 1.165) is 0 Å². The molecule has 1 aromatic carbocycles. The summed E-state index contributed by atoms with van der Waals surface area (Å²) in [6.45, 7) is 1.60. The minimum Gasteiger partial charge on any atom is -0.507 e. The highest BCUT2D eigenvalue weighted by Crippen LogP contribution is 2.20. The minimum absolute atomic E-state index is 0.0607. The molecule has 0 spiro atoms. The summed E-state index contributed by atoms with van der Waals surface area (Å²) in [4.78, 5) is 10.4. The maximum atomic E-state index is 10.4. The van der Waals surface area contributed by atoms with E-state index in [4.69, 9.17) is 10.2 Å². The Labute approximate surface area is 70.3 Å². The van der Waals surface area contributed by atoms with E-state index in [9.17, 15) is 4.79 Å². The normalized spacial score (nSPS) is 12.5. The maximum Gasteiger partial charge on any atom is 0.153 e. The quantitative estimate of drug-likeness (QED) is 0.650. The van der Waals surface area contributed by atoms with Gasteiger partial charge in [-0.3, -0.25) is 4.79 Å². The number of aldehydes is 1. The van der Waals surface area contributed by atoms with E-state index in [-0.39, 0.29) is 11.3 Å². The van der Waals surface area contributed by atoms with Crippen LogP contribution in [0.2, 0.25) is 0 Å². The fourth-order valence-corrected chi connectivity index (χ4v) is 0.927. The van der Waals surface area contributed by atoms with E-state index in [1.807, 2.05) is 0 Å². The van der Waals surface area contributed by atoms with E-state index in [2.05, 4.69) is 0 Å². The second-order valence-electron chi connectivity index (χ2n) is 2.61. The van der Waals surface area contributed by atoms with Crippen LogP contribution in [-0.2, 0) is 0 Å². The lowest BCUT2D eigenvalue weighted by atomic mass is 10.1. The summed E-state index contributed by atoms with van der Waals surface area (Å²) in [6.07, 6.45) is -0.0643. The fraction of sp³-hybridized carbons (Fsp3) is 0.222. The Hall–Kier alpha value is -1.35. The molecule has 0 saturated heterocycles. The molecule has 0 aliphatic carbocycles. The molecule has 1 atom stereocenters. The summed E-state index contributed by atoms with van der Waals surface area (Å²) >= 11 is 0. The maximum absolute atomic E-state index is 10.4. The largest absolute Gasteiger partial charge is 0.507 e. The van der Waals surface area contributed by atoms with Crippen LogP contribution in [0.4, 0.5) is 0 Å². The van der Waals surface area contributed by atoms with Gasteiger partial charge in [0.2, 0.25) is 0 Å². The number of aromatic hydroxyl groups is 1. The first-order chi connectivity index (χ1) is 5.65. The lowest BCUT2D eigenvalue weighted by molar-refractivity contribution is 0.112. The Morgan fingerprint density at radius 3 is 2.67 bits per heavy atom. The summed E-state index contributed by atoms with van der Waals surface area (Å²) in [5, 5.41) is 18.2. The molecule has 3 nitrogen and oxygen atoms in total. The molecule has 3 heteroatoms. The highest BCUT2D eigenvalue weighted by Gasteiger charge is 2.04. The van der Waals surface area contributed by atoms with Gasteiger partial charge in [-0.05, 0) is 24.6 Å². The number of carbonyl (C=O) groups is 1. The van der Waals surface area contributed by atoms with E-state index in [1.54, 1.807) is 13.0 Å². The van der Waals surface area contributed by atoms with Crippen LogP contribution in [-0.4, -0.2) is 16.5 Å². The number of carbonyl (C=O) groups excluding carboxylic acids is 1. The van der Waals surface area contributed by atoms with Gasteiger partial charge in [-0.1, -0.05) is 6.07 Å². The van der Waals surface area contributed by atoms with Gasteiger partial charge in [-0.25, -0.2) is 0 Å². The first kappa shape index (κ1) is 8.74. The highest BCUT2D eigenvalue weighted by molar-refractivity contribution is 5.79. The molecule has 2 N–H and O–H groups in total. The van der Waals surface area contributed by atoms with Gasteiger partial charge >= 0.3 is 0 Å². The van der Waals surface area contributed by atoms with Crippen LogP contribution < -0.4 is 0 Å². The Balaban J connectivity index is 3.13. The van der Waals surface area contributed by atoms with Crippen molar-refractivity contribution in [2.45, 2.75) is 13.0 Å². The van der Waals surface area contributed by atoms with Gasteiger partial charge < -0.3 is 10.2 Å². The average molecular weight is 166 g/mol. The monoisotopic (exact) mass is 166 g/mol. The number of phenolic OH excluding ortho intramolecular Hbond substituents is 1. The van der Waals surface area contributed by atoms with Crippen LogP contribution in [0.25, 0.3) is 0 Å². The molecule has 0 aliphatic rings. The minimum atomic E-state index is -0.621. The molecular formula is C9H10O3. The van der Waals surface area contributed by atoms with Gasteiger partial charge in [0, 0.05) is 0 Å². The SMILES string of the molecule is CC(O)c1ccc(O)c(C=O)c1. The van der Waals surface area contributed by atoms with Crippen LogP contribution in [0.5, 0.6) is 5.75 Å². The molecule has 0 aliphatic heterocycles. The standard InChI is InChI=1S/C9H10O3/c1-6(11)7-2-3-9(12)8(4-7)5-10/h2-6,11-12H,1H3. The van der Waals surface area contributed by atoms with E-state index >= 15 is 0 Å². The lowest BCUT2D eigenvalue weighted by Gasteiger charge is -2.05. The Morgan fingerprint density at radius 1 is 1.50 bits per heavy atom. The highest BCUT2D eigenvalue weighted by atomic mass is 16.3. The van der Waals surface area contributed by atoms with Crippen molar-refractivity contribution < 1.29 is 15.0 Å². The van der Waals surface area contributed by atoms with Crippen molar-refractivity contribution in [3.05, 3.63) is 29.3 Å². The van der Waals surface area contributed by atoms with E-state index < -0.39 is 6.10 Å². The van der Waals surface area contributed by atoms with Gasteiger partial charge in [0.25, 0.3) is 0 Å². The smallest absolute Gasteiger partial charge is 0.153 e. The zero-order chi connectivity index (χ0) is 9.14. The Bertz CT molecular complexity index is 292. The number of hydrogen-bond donors (Lipinski definition) is 2. The van der Waals surface area contributed by atoms with Gasteiger partial charge in [-0.15, -0.1) is 0 Å². The molecular weight excluding hydrogens is 156 g/mol. The van der Waals surface area contributed by atoms with Crippen LogP contribution in [0.3, 0.4) is 0 Å². The molecule has 0 bridgehead atoms. The zero-order valence-corrected chi connectivity index (χ0v) is 6.69. The summed E-state index contributed by atoms with van der Waals surface area (Å²) in [6, 6.07) is 4.44. The number of rotatable bonds is 2. The van der Waals surface area contributed by atoms with E-state index in [0.29, 0.717) is 11.8 Å². The number of benzene rings is 1. The van der Waals surface area contributed by atoms with Crippen molar-refractivity contribution in [1.29, 1.82) is 0 Å². The number of phenols is 1. The van der Waals surface area contributed by atoms with Crippen LogP contribution in [0, 0.1) is 0 Å². The summed E-state index contributed by atoms with van der Waals surface area (Å²) in [7, 11) is 0. The van der Waals surface area contributed by atoms with Gasteiger partial charge in [0.05, 0.1) is 11.7 Å². The van der Waals surface area contributed by atoms with Crippen LogP contribution in [0.15, 0.2) is 18.2 Å². The first-order valence-electron chi connectivity index (χ1n) is 3.61. The molecule has 0 aromatic heterocycles. The van der Waals surface area contributed by atoms with Crippen molar-refractivity contribution in [2.24, 2.45) is 0 Å². The summed E-state index contributed by atoms with van der Waals surface area (Å²) < 4.78 is 0. The molecule has 0 heterocycles. The third-order valence-electron chi connectivity index (χ3n) is 1.66. The zero-order valence-electron chi connectivity index (χ0n) is 6.69. The molecule has 1 rings (SSSR count). The van der Waals surface area contributed by atoms with Crippen molar-refractivity contribution in [1.82, 2.24) is 0 Å². The van der Waals surface area contributed by atoms with E-state index in [1.165, 1.54) is 12.1 Å². The Morgan fingerprint density at radius 2 is 2.17 bits per heavy atom. The molecule has 0 amide bonds. The third kappa shape index (κ3) is 1.62. The number of hydrogen-bond acceptors (Lipinski definition) is 3. The summed E-state index contributed by atoms with van der Waals surface area (Å²) in [5.74, 6) is -0.0607. The molecule has 64 valence electrons. The number of aliphatic hydroxyl groups is 1. The lowest BCUT2D eigenvalue weighted by Crippen LogP contribution is -1.92. The average Bonchev–Trinajstić information content (AvgIpc) is 2.05. The molecule has 12 heavy (non-hydrogen) atoms. The van der Waals surface area contributed by atoms with Crippen molar-refractivity contribution in [3.63, 3.8) is 0 Å². The summed E-state index contributed by atoms with van der Waals surface area (Å²) in [5.41, 5.74) is 0.823. The van der Waals surface area contributed by atoms with Gasteiger partial charge in [-0.2, -0.15) is 0 Å². The Kier molecular flexibility index (Phi) is 2.45. The third-order valence-corrected chi connectivity index (χ3v) is 1.66. The van der Waals surface area contributed by atoms with Gasteiger partial charge in [0.15, 0.2) is 6.29 Å². The molecule has 1 unspecified atom stereocenters. The molecule has 0 radical (unpaired) electrons. The predicted octanol–water partition coefficient (Wildman–Crippen LogP) is 1.26. The molecule has 0 saturated carbocycles. The first-order valence-corrected chi connectivity index (χ1v) is 3.61. The second-order valence-corrected chi connectivity index (χ2v) is 2.61. The van der Waals surface area contributed by atoms with Crippen LogP contribution >= 0.6 is 0 Å².